The van der Waals surface area contributed by atoms with Gasteiger partial charge in [0.2, 0.25) is 0 Å². The first-order valence-corrected chi connectivity index (χ1v) is 33.6. The molecule has 0 aliphatic heterocycles. The second-order valence-electron chi connectivity index (χ2n) is 22.4. The van der Waals surface area contributed by atoms with Gasteiger partial charge in [-0.05, 0) is 96.3 Å². The van der Waals surface area contributed by atoms with Gasteiger partial charge < -0.3 is 14.2 Å². The van der Waals surface area contributed by atoms with Gasteiger partial charge in [0.1, 0.15) is 13.2 Å². The fourth-order valence-electron chi connectivity index (χ4n) is 9.62. The van der Waals surface area contributed by atoms with Gasteiger partial charge >= 0.3 is 17.9 Å². The molecule has 0 heterocycles. The molecule has 0 saturated carbocycles. The van der Waals surface area contributed by atoms with E-state index in [0.717, 1.165) is 103 Å². The summed E-state index contributed by atoms with van der Waals surface area (Å²) in [4.78, 5) is 38.3. The van der Waals surface area contributed by atoms with Gasteiger partial charge in [0.15, 0.2) is 6.10 Å². The zero-order chi connectivity index (χ0) is 56.4. The number of hydrogen-bond acceptors (Lipinski definition) is 6. The van der Waals surface area contributed by atoms with Gasteiger partial charge in [0.25, 0.3) is 0 Å². The van der Waals surface area contributed by atoms with E-state index in [1.165, 1.54) is 193 Å². The van der Waals surface area contributed by atoms with Gasteiger partial charge in [0, 0.05) is 19.3 Å². The molecule has 6 nitrogen and oxygen atoms in total. The first kappa shape index (κ1) is 74.6. The molecule has 6 heteroatoms. The van der Waals surface area contributed by atoms with Crippen molar-refractivity contribution in [3.8, 4) is 0 Å². The fourth-order valence-corrected chi connectivity index (χ4v) is 9.62. The number of allylic oxidation sites excluding steroid dienone is 14. The third kappa shape index (κ3) is 63.4. The highest BCUT2D eigenvalue weighted by Gasteiger charge is 2.19. The summed E-state index contributed by atoms with van der Waals surface area (Å²) in [6, 6.07) is 0. The van der Waals surface area contributed by atoms with E-state index in [1.807, 2.05) is 0 Å². The number of esters is 3. The Hall–Kier alpha value is -3.41. The Kier molecular flexibility index (Phi) is 63.2. The van der Waals surface area contributed by atoms with Crippen LogP contribution in [0.2, 0.25) is 0 Å². The molecule has 0 fully saturated rings. The Labute approximate surface area is 484 Å². The van der Waals surface area contributed by atoms with Gasteiger partial charge in [0.05, 0.1) is 0 Å². The minimum absolute atomic E-state index is 0.0779. The van der Waals surface area contributed by atoms with Gasteiger partial charge in [-0.3, -0.25) is 14.4 Å². The minimum Gasteiger partial charge on any atom is -0.462 e. The molecule has 0 radical (unpaired) electrons. The van der Waals surface area contributed by atoms with E-state index in [9.17, 15) is 14.4 Å². The molecule has 0 bridgehead atoms. The summed E-state index contributed by atoms with van der Waals surface area (Å²) in [5.41, 5.74) is 0. The molecule has 0 aliphatic carbocycles. The predicted octanol–water partition coefficient (Wildman–Crippen LogP) is 23.1. The van der Waals surface area contributed by atoms with Crippen LogP contribution in [0.15, 0.2) is 85.1 Å². The average molecular weight is 1090 g/mol. The summed E-state index contributed by atoms with van der Waals surface area (Å²) in [6.07, 6.45) is 87.4. The summed E-state index contributed by atoms with van der Waals surface area (Å²) in [6.45, 7) is 6.53. The quantitative estimate of drug-likeness (QED) is 0.0261. The fraction of sp³-hybridized carbons (Fsp3) is 0.764. The van der Waals surface area contributed by atoms with Crippen LogP contribution in [0.5, 0.6) is 0 Å². The van der Waals surface area contributed by atoms with Crippen molar-refractivity contribution in [2.24, 2.45) is 0 Å². The molecule has 0 aliphatic rings. The molecule has 0 rings (SSSR count). The van der Waals surface area contributed by atoms with Crippen molar-refractivity contribution >= 4 is 17.9 Å². The summed E-state index contributed by atoms with van der Waals surface area (Å²) < 4.78 is 16.9. The number of ether oxygens (including phenoxy) is 3. The van der Waals surface area contributed by atoms with E-state index in [4.69, 9.17) is 14.2 Å². The molecule has 0 aromatic carbocycles. The average Bonchev–Trinajstić information content (AvgIpc) is 3.44. The number of hydrogen-bond donors (Lipinski definition) is 0. The lowest BCUT2D eigenvalue weighted by Gasteiger charge is -2.18. The van der Waals surface area contributed by atoms with Crippen LogP contribution in [0, 0.1) is 0 Å². The number of unbranched alkanes of at least 4 members (excludes halogenated alkanes) is 36. The standard InChI is InChI=1S/C72H126O6/c1-4-7-10-13-16-19-22-25-27-29-31-32-33-34-35-36-37-38-39-40-42-43-45-47-50-53-56-59-62-65-71(74)77-68-69(67-76-70(73)64-61-58-55-52-49-24-21-18-15-12-9-6-3)78-72(75)66-63-60-57-54-51-48-46-44-41-30-28-26-23-20-17-14-11-8-5-2/h7,10,16,18-19,21,25,27,31-32,34-35,37-38,69H,4-6,8-9,11-15,17,20,22-24,26,28-30,33,36,39-68H2,1-3H3/b10-7-,19-16-,21-18-,27-25-,32-31-,35-34-,38-37-. The van der Waals surface area contributed by atoms with Crippen LogP contribution in [-0.2, 0) is 28.6 Å². The van der Waals surface area contributed by atoms with Crippen LogP contribution in [0.25, 0.3) is 0 Å². The van der Waals surface area contributed by atoms with Crippen molar-refractivity contribution in [3.63, 3.8) is 0 Å². The summed E-state index contributed by atoms with van der Waals surface area (Å²) in [5, 5.41) is 0. The maximum absolute atomic E-state index is 12.9. The molecule has 0 N–H and O–H groups in total. The van der Waals surface area contributed by atoms with Crippen molar-refractivity contribution in [2.45, 2.75) is 341 Å². The van der Waals surface area contributed by atoms with E-state index in [0.29, 0.717) is 19.3 Å². The van der Waals surface area contributed by atoms with Gasteiger partial charge in [-0.1, -0.05) is 305 Å². The van der Waals surface area contributed by atoms with Crippen LogP contribution < -0.4 is 0 Å². The van der Waals surface area contributed by atoms with Crippen LogP contribution in [-0.4, -0.2) is 37.2 Å². The summed E-state index contributed by atoms with van der Waals surface area (Å²) >= 11 is 0. The SMILES string of the molecule is CC/C=C\C/C=C\C/C=C\C/C=C\C/C=C\C/C=C\CCCCCCCCCCCCC(=O)OCC(COC(=O)CCCCCCC/C=C\CCCCC)OC(=O)CCCCCCCCCCCCCCCCCCCCC. The lowest BCUT2D eigenvalue weighted by Crippen LogP contribution is -2.30. The maximum Gasteiger partial charge on any atom is 0.306 e. The molecule has 0 aromatic heterocycles. The molecule has 0 aromatic rings. The third-order valence-corrected chi connectivity index (χ3v) is 14.6. The van der Waals surface area contributed by atoms with Crippen LogP contribution in [0.1, 0.15) is 335 Å². The molecule has 78 heavy (non-hydrogen) atoms. The number of rotatable bonds is 61. The lowest BCUT2D eigenvalue weighted by atomic mass is 10.0. The van der Waals surface area contributed by atoms with Gasteiger partial charge in [-0.2, -0.15) is 0 Å². The van der Waals surface area contributed by atoms with Crippen molar-refractivity contribution in [2.75, 3.05) is 13.2 Å². The topological polar surface area (TPSA) is 78.9 Å². The van der Waals surface area contributed by atoms with Crippen molar-refractivity contribution in [1.82, 2.24) is 0 Å². The van der Waals surface area contributed by atoms with E-state index >= 15 is 0 Å². The molecule has 0 spiro atoms. The van der Waals surface area contributed by atoms with Crippen molar-refractivity contribution < 1.29 is 28.6 Å². The predicted molar refractivity (Wildman–Crippen MR) is 339 cm³/mol. The number of carbonyl (C=O) groups excluding carboxylic acids is 3. The minimum atomic E-state index is -0.780. The van der Waals surface area contributed by atoms with E-state index < -0.39 is 6.10 Å². The first-order chi connectivity index (χ1) is 38.5. The summed E-state index contributed by atoms with van der Waals surface area (Å²) in [5.74, 6) is -0.874. The molecule has 0 amide bonds. The Morgan fingerprint density at radius 2 is 0.500 bits per heavy atom. The highest BCUT2D eigenvalue weighted by molar-refractivity contribution is 5.71. The second kappa shape index (κ2) is 66.1. The van der Waals surface area contributed by atoms with Gasteiger partial charge in [-0.25, -0.2) is 0 Å². The van der Waals surface area contributed by atoms with Crippen LogP contribution in [0.3, 0.4) is 0 Å². The van der Waals surface area contributed by atoms with Crippen molar-refractivity contribution in [1.29, 1.82) is 0 Å². The highest BCUT2D eigenvalue weighted by Crippen LogP contribution is 2.17. The Morgan fingerprint density at radius 3 is 0.821 bits per heavy atom. The molecule has 1 unspecified atom stereocenters. The zero-order valence-electron chi connectivity index (χ0n) is 51.7. The smallest absolute Gasteiger partial charge is 0.306 e. The second-order valence-corrected chi connectivity index (χ2v) is 22.4. The molecule has 450 valence electrons. The Balaban J connectivity index is 4.25. The van der Waals surface area contributed by atoms with Gasteiger partial charge in [-0.15, -0.1) is 0 Å². The van der Waals surface area contributed by atoms with Crippen LogP contribution >= 0.6 is 0 Å². The molecule has 1 atom stereocenters. The molecule has 0 saturated heterocycles. The lowest BCUT2D eigenvalue weighted by molar-refractivity contribution is -0.167. The van der Waals surface area contributed by atoms with E-state index in [1.54, 1.807) is 0 Å². The monoisotopic (exact) mass is 1090 g/mol. The molecular weight excluding hydrogens is 961 g/mol. The van der Waals surface area contributed by atoms with E-state index in [-0.39, 0.29) is 31.1 Å². The van der Waals surface area contributed by atoms with E-state index in [2.05, 4.69) is 106 Å². The number of carbonyl (C=O) groups is 3. The highest BCUT2D eigenvalue weighted by atomic mass is 16.6. The first-order valence-electron chi connectivity index (χ1n) is 33.6. The van der Waals surface area contributed by atoms with Crippen molar-refractivity contribution in [3.05, 3.63) is 85.1 Å². The molecular formula is C72H126O6. The third-order valence-electron chi connectivity index (χ3n) is 14.6. The summed E-state index contributed by atoms with van der Waals surface area (Å²) in [7, 11) is 0. The maximum atomic E-state index is 12.9. The zero-order valence-corrected chi connectivity index (χ0v) is 51.7. The van der Waals surface area contributed by atoms with Crippen LogP contribution in [0.4, 0.5) is 0 Å². The largest absolute Gasteiger partial charge is 0.462 e. The Bertz CT molecular complexity index is 1480. The Morgan fingerprint density at radius 1 is 0.269 bits per heavy atom. The normalized spacial score (nSPS) is 12.6.